The fourth-order valence-corrected chi connectivity index (χ4v) is 3.50. The summed E-state index contributed by atoms with van der Waals surface area (Å²) in [5.41, 5.74) is 0. The zero-order chi connectivity index (χ0) is 17.7. The number of unbranched alkanes of at least 4 members (excludes halogenated alkanes) is 2. The van der Waals surface area contributed by atoms with E-state index in [9.17, 15) is 19.5 Å². The molecule has 0 aromatic carbocycles. The smallest absolute Gasteiger partial charge is 0.326 e. The van der Waals surface area contributed by atoms with Crippen LogP contribution in [0.3, 0.4) is 0 Å². The molecule has 0 bridgehead atoms. The number of amides is 1. The number of aliphatic carboxylic acids is 1. The lowest BCUT2D eigenvalue weighted by molar-refractivity contribution is -0.149. The van der Waals surface area contributed by atoms with Crippen molar-refractivity contribution in [1.82, 2.24) is 10.2 Å². The molecular formula is C17H28N2O5. The van der Waals surface area contributed by atoms with Gasteiger partial charge in [0.15, 0.2) is 0 Å². The van der Waals surface area contributed by atoms with E-state index < -0.39 is 24.1 Å². The van der Waals surface area contributed by atoms with Crippen LogP contribution in [0.1, 0.15) is 58.8 Å². The summed E-state index contributed by atoms with van der Waals surface area (Å²) < 4.78 is 5.37. The third-order valence-corrected chi connectivity index (χ3v) is 4.84. The summed E-state index contributed by atoms with van der Waals surface area (Å²) >= 11 is 0. The van der Waals surface area contributed by atoms with Gasteiger partial charge < -0.3 is 14.7 Å². The van der Waals surface area contributed by atoms with Gasteiger partial charge in [-0.3, -0.25) is 14.9 Å². The fourth-order valence-electron chi connectivity index (χ4n) is 3.50. The van der Waals surface area contributed by atoms with Crippen LogP contribution in [0.5, 0.6) is 0 Å². The Hall–Kier alpha value is -1.63. The number of carbonyl (C=O) groups excluding carboxylic acids is 2. The van der Waals surface area contributed by atoms with Gasteiger partial charge in [-0.15, -0.1) is 0 Å². The number of likely N-dealkylation sites (tertiary alicyclic amines) is 1. The van der Waals surface area contributed by atoms with Gasteiger partial charge in [0.25, 0.3) is 0 Å². The topological polar surface area (TPSA) is 95.9 Å². The van der Waals surface area contributed by atoms with Gasteiger partial charge in [-0.1, -0.05) is 19.8 Å². The van der Waals surface area contributed by atoms with Gasteiger partial charge in [-0.25, -0.2) is 4.79 Å². The standard InChI is InChI=1S/C17H28N2O5/c1-3-4-5-7-12-10-13(17(23)24-12)18-11(2)15(20)19-9-6-8-14(19)16(21)22/h11-14,18H,3-10H2,1-2H3,(H,21,22)/t11-,12?,13?,14-/m0/s1. The van der Waals surface area contributed by atoms with Crippen molar-refractivity contribution < 1.29 is 24.2 Å². The molecule has 7 heteroatoms. The van der Waals surface area contributed by atoms with Crippen molar-refractivity contribution in [2.24, 2.45) is 0 Å². The molecule has 2 saturated heterocycles. The molecule has 0 aromatic rings. The molecule has 0 spiro atoms. The highest BCUT2D eigenvalue weighted by Crippen LogP contribution is 2.22. The average Bonchev–Trinajstić information content (AvgIpc) is 3.14. The molecule has 0 saturated carbocycles. The maximum absolute atomic E-state index is 12.5. The number of carboxylic acid groups (broad SMARTS) is 1. The minimum absolute atomic E-state index is 0.0811. The predicted octanol–water partition coefficient (Wildman–Crippen LogP) is 1.30. The van der Waals surface area contributed by atoms with Crippen LogP contribution in [0.15, 0.2) is 0 Å². The minimum Gasteiger partial charge on any atom is -0.480 e. The van der Waals surface area contributed by atoms with Gasteiger partial charge in [0, 0.05) is 13.0 Å². The van der Waals surface area contributed by atoms with E-state index in [-0.39, 0.29) is 18.0 Å². The molecule has 2 fully saturated rings. The highest BCUT2D eigenvalue weighted by molar-refractivity contribution is 5.88. The SMILES string of the molecule is CCCCCC1CC(N[C@@H](C)C(=O)N2CCC[C@H]2C(=O)O)C(=O)O1. The Balaban J connectivity index is 1.85. The molecule has 2 aliphatic rings. The molecule has 4 atom stereocenters. The first kappa shape index (κ1) is 18.7. The van der Waals surface area contributed by atoms with E-state index in [1.165, 1.54) is 4.90 Å². The number of carboxylic acids is 1. The van der Waals surface area contributed by atoms with Crippen LogP contribution >= 0.6 is 0 Å². The third kappa shape index (κ3) is 4.47. The molecule has 7 nitrogen and oxygen atoms in total. The second kappa shape index (κ2) is 8.46. The summed E-state index contributed by atoms with van der Waals surface area (Å²) in [7, 11) is 0. The molecule has 2 N–H and O–H groups in total. The minimum atomic E-state index is -0.968. The summed E-state index contributed by atoms with van der Waals surface area (Å²) in [6.07, 6.45) is 5.79. The van der Waals surface area contributed by atoms with Crippen LogP contribution in [-0.2, 0) is 19.1 Å². The number of rotatable bonds is 8. The maximum atomic E-state index is 12.5. The Morgan fingerprint density at radius 3 is 2.83 bits per heavy atom. The van der Waals surface area contributed by atoms with Gasteiger partial charge >= 0.3 is 11.9 Å². The van der Waals surface area contributed by atoms with E-state index in [0.717, 1.165) is 25.7 Å². The number of hydrogen-bond donors (Lipinski definition) is 2. The van der Waals surface area contributed by atoms with E-state index in [0.29, 0.717) is 25.8 Å². The molecule has 2 rings (SSSR count). The zero-order valence-electron chi connectivity index (χ0n) is 14.5. The summed E-state index contributed by atoms with van der Waals surface area (Å²) in [5.74, 6) is -1.54. The van der Waals surface area contributed by atoms with Crippen molar-refractivity contribution >= 4 is 17.8 Å². The summed E-state index contributed by atoms with van der Waals surface area (Å²) in [5, 5.41) is 12.2. The van der Waals surface area contributed by atoms with Crippen molar-refractivity contribution in [2.75, 3.05) is 6.54 Å². The average molecular weight is 340 g/mol. The van der Waals surface area contributed by atoms with Gasteiger partial charge in [0.2, 0.25) is 5.91 Å². The van der Waals surface area contributed by atoms with E-state index in [2.05, 4.69) is 12.2 Å². The molecule has 0 radical (unpaired) electrons. The Morgan fingerprint density at radius 1 is 1.42 bits per heavy atom. The van der Waals surface area contributed by atoms with Gasteiger partial charge in [0.1, 0.15) is 18.2 Å². The maximum Gasteiger partial charge on any atom is 0.326 e. The van der Waals surface area contributed by atoms with Crippen LogP contribution in [0, 0.1) is 0 Å². The first-order valence-corrected chi connectivity index (χ1v) is 8.93. The summed E-state index contributed by atoms with van der Waals surface area (Å²) in [4.78, 5) is 37.1. The highest BCUT2D eigenvalue weighted by atomic mass is 16.6. The van der Waals surface area contributed by atoms with Gasteiger partial charge in [-0.2, -0.15) is 0 Å². The third-order valence-electron chi connectivity index (χ3n) is 4.84. The van der Waals surface area contributed by atoms with Crippen molar-refractivity contribution in [3.8, 4) is 0 Å². The predicted molar refractivity (Wildman–Crippen MR) is 87.4 cm³/mol. The van der Waals surface area contributed by atoms with E-state index in [4.69, 9.17) is 4.74 Å². The number of esters is 1. The molecule has 136 valence electrons. The Labute approximate surface area is 142 Å². The largest absolute Gasteiger partial charge is 0.480 e. The van der Waals surface area contributed by atoms with E-state index in [1.54, 1.807) is 6.92 Å². The molecule has 2 heterocycles. The lowest BCUT2D eigenvalue weighted by Crippen LogP contribution is -2.52. The summed E-state index contributed by atoms with van der Waals surface area (Å²) in [6, 6.07) is -1.84. The molecule has 0 aromatic heterocycles. The van der Waals surface area contributed by atoms with Crippen LogP contribution < -0.4 is 5.32 Å². The van der Waals surface area contributed by atoms with E-state index in [1.807, 2.05) is 0 Å². The van der Waals surface area contributed by atoms with Crippen molar-refractivity contribution in [2.45, 2.75) is 83.0 Å². The monoisotopic (exact) mass is 340 g/mol. The number of nitrogens with zero attached hydrogens (tertiary/aromatic N) is 1. The van der Waals surface area contributed by atoms with Crippen molar-refractivity contribution in [3.05, 3.63) is 0 Å². The summed E-state index contributed by atoms with van der Waals surface area (Å²) in [6.45, 7) is 4.26. The van der Waals surface area contributed by atoms with Crippen LogP contribution in [0.4, 0.5) is 0 Å². The number of carbonyl (C=O) groups is 3. The van der Waals surface area contributed by atoms with Crippen molar-refractivity contribution in [1.29, 1.82) is 0 Å². The number of hydrogen-bond acceptors (Lipinski definition) is 5. The Morgan fingerprint density at radius 2 is 2.17 bits per heavy atom. The number of nitrogens with one attached hydrogen (secondary N) is 1. The van der Waals surface area contributed by atoms with Gasteiger partial charge in [-0.05, 0) is 32.6 Å². The zero-order valence-corrected chi connectivity index (χ0v) is 14.5. The van der Waals surface area contributed by atoms with Gasteiger partial charge in [0.05, 0.1) is 6.04 Å². The first-order chi connectivity index (χ1) is 11.4. The second-order valence-electron chi connectivity index (χ2n) is 6.76. The van der Waals surface area contributed by atoms with E-state index >= 15 is 0 Å². The van der Waals surface area contributed by atoms with Crippen LogP contribution in [-0.4, -0.2) is 58.6 Å². The second-order valence-corrected chi connectivity index (χ2v) is 6.76. The molecule has 0 aliphatic carbocycles. The fraction of sp³-hybridized carbons (Fsp3) is 0.824. The first-order valence-electron chi connectivity index (χ1n) is 8.93. The Bertz CT molecular complexity index is 482. The highest BCUT2D eigenvalue weighted by Gasteiger charge is 2.39. The molecule has 24 heavy (non-hydrogen) atoms. The van der Waals surface area contributed by atoms with Crippen LogP contribution in [0.2, 0.25) is 0 Å². The van der Waals surface area contributed by atoms with Crippen LogP contribution in [0.25, 0.3) is 0 Å². The lowest BCUT2D eigenvalue weighted by Gasteiger charge is -2.26. The molecular weight excluding hydrogens is 312 g/mol. The Kier molecular flexibility index (Phi) is 6.60. The molecule has 2 aliphatic heterocycles. The number of cyclic esters (lactones) is 1. The molecule has 1 amide bonds. The lowest BCUT2D eigenvalue weighted by atomic mass is 10.1. The quantitative estimate of drug-likeness (QED) is 0.511. The molecule has 2 unspecified atom stereocenters. The number of ether oxygens (including phenoxy) is 1. The van der Waals surface area contributed by atoms with Crippen molar-refractivity contribution in [3.63, 3.8) is 0 Å². The normalized spacial score (nSPS) is 28.0.